The Bertz CT molecular complexity index is 291. The third kappa shape index (κ3) is 2.15. The second-order valence-corrected chi connectivity index (χ2v) is 2.65. The summed E-state index contributed by atoms with van der Waals surface area (Å²) in [6.07, 6.45) is 0. The van der Waals surface area contributed by atoms with E-state index >= 15 is 0 Å². The summed E-state index contributed by atoms with van der Waals surface area (Å²) in [5.74, 6) is -0.390. The van der Waals surface area contributed by atoms with Crippen LogP contribution in [0.1, 0.15) is 11.6 Å². The smallest absolute Gasteiger partial charge is 0.165 e. The van der Waals surface area contributed by atoms with Gasteiger partial charge in [-0.2, -0.15) is 0 Å². The maximum absolute atomic E-state index is 12.9. The lowest BCUT2D eigenvalue weighted by Crippen LogP contribution is -2.12. The zero-order valence-electron chi connectivity index (χ0n) is 7.26. The minimum atomic E-state index is -0.713. The molecule has 1 atom stereocenters. The van der Waals surface area contributed by atoms with Crippen molar-refractivity contribution in [3.63, 3.8) is 0 Å². The number of hydrogen-bond acceptors (Lipinski definition) is 2. The molecule has 0 radical (unpaired) electrons. The molecular weight excluding hydrogens is 176 g/mol. The van der Waals surface area contributed by atoms with Crippen molar-refractivity contribution < 1.29 is 13.5 Å². The highest BCUT2D eigenvalue weighted by molar-refractivity contribution is 5.31. The minimum absolute atomic E-state index is 0.0846. The predicted molar refractivity (Wildman–Crippen MR) is 45.9 cm³/mol. The van der Waals surface area contributed by atoms with E-state index in [1.807, 2.05) is 0 Å². The van der Waals surface area contributed by atoms with Gasteiger partial charge < -0.3 is 10.5 Å². The van der Waals surface area contributed by atoms with Crippen LogP contribution in [-0.2, 0) is 0 Å². The van der Waals surface area contributed by atoms with Crippen molar-refractivity contribution >= 4 is 0 Å². The van der Waals surface area contributed by atoms with Crippen molar-refractivity contribution in [1.29, 1.82) is 0 Å². The lowest BCUT2D eigenvalue weighted by atomic mass is 10.1. The van der Waals surface area contributed by atoms with Crippen LogP contribution < -0.4 is 10.5 Å². The number of alkyl halides is 1. The van der Waals surface area contributed by atoms with Gasteiger partial charge in [-0.3, -0.25) is 0 Å². The normalized spacial score (nSPS) is 12.6. The molecule has 0 aromatic heterocycles. The van der Waals surface area contributed by atoms with Gasteiger partial charge in [0.05, 0.1) is 13.2 Å². The van der Waals surface area contributed by atoms with Crippen molar-refractivity contribution in [2.24, 2.45) is 5.73 Å². The average molecular weight is 187 g/mol. The van der Waals surface area contributed by atoms with Gasteiger partial charge in [0.15, 0.2) is 11.6 Å². The molecule has 1 rings (SSSR count). The topological polar surface area (TPSA) is 35.2 Å². The first kappa shape index (κ1) is 9.92. The number of hydrogen-bond donors (Lipinski definition) is 1. The molecule has 2 N–H and O–H groups in total. The highest BCUT2D eigenvalue weighted by atomic mass is 19.1. The Morgan fingerprint density at radius 2 is 2.23 bits per heavy atom. The Balaban J connectivity index is 2.99. The first-order valence-corrected chi connectivity index (χ1v) is 3.84. The monoisotopic (exact) mass is 187 g/mol. The van der Waals surface area contributed by atoms with Gasteiger partial charge in [0.1, 0.15) is 6.67 Å². The average Bonchev–Trinajstić information content (AvgIpc) is 2.17. The first-order valence-electron chi connectivity index (χ1n) is 3.84. The quantitative estimate of drug-likeness (QED) is 0.783. The van der Waals surface area contributed by atoms with Gasteiger partial charge >= 0.3 is 0 Å². The van der Waals surface area contributed by atoms with Crippen LogP contribution in [0.5, 0.6) is 5.75 Å². The third-order valence-corrected chi connectivity index (χ3v) is 1.77. The highest BCUT2D eigenvalue weighted by Gasteiger charge is 2.09. The Morgan fingerprint density at radius 1 is 1.54 bits per heavy atom. The summed E-state index contributed by atoms with van der Waals surface area (Å²) in [6, 6.07) is 3.35. The van der Waals surface area contributed by atoms with Crippen molar-refractivity contribution in [3.8, 4) is 5.75 Å². The standard InChI is InChI=1S/C9H11F2NO/c1-13-9-4-6(8(12)5-10)2-3-7(9)11/h2-4,8H,5,12H2,1H3/t8-/m1/s1. The van der Waals surface area contributed by atoms with Gasteiger partial charge in [-0.05, 0) is 17.7 Å². The van der Waals surface area contributed by atoms with Gasteiger partial charge in [-0.25, -0.2) is 8.78 Å². The minimum Gasteiger partial charge on any atom is -0.494 e. The summed E-state index contributed by atoms with van der Waals surface area (Å²) in [5.41, 5.74) is 5.94. The number of rotatable bonds is 3. The van der Waals surface area contributed by atoms with Crippen LogP contribution in [0.25, 0.3) is 0 Å². The van der Waals surface area contributed by atoms with E-state index in [0.29, 0.717) is 5.56 Å². The van der Waals surface area contributed by atoms with Gasteiger partial charge in [-0.1, -0.05) is 6.07 Å². The van der Waals surface area contributed by atoms with E-state index in [0.717, 1.165) is 0 Å². The molecule has 0 aliphatic carbocycles. The van der Waals surface area contributed by atoms with E-state index in [-0.39, 0.29) is 5.75 Å². The molecule has 2 nitrogen and oxygen atoms in total. The second kappa shape index (κ2) is 4.18. The molecule has 0 aliphatic rings. The summed E-state index contributed by atoms with van der Waals surface area (Å²) in [5, 5.41) is 0. The number of ether oxygens (including phenoxy) is 1. The van der Waals surface area contributed by atoms with E-state index in [1.165, 1.54) is 25.3 Å². The van der Waals surface area contributed by atoms with E-state index in [2.05, 4.69) is 0 Å². The number of methoxy groups -OCH3 is 1. The molecule has 0 bridgehead atoms. The van der Waals surface area contributed by atoms with E-state index < -0.39 is 18.5 Å². The molecule has 0 saturated heterocycles. The van der Waals surface area contributed by atoms with Gasteiger partial charge in [0.2, 0.25) is 0 Å². The maximum Gasteiger partial charge on any atom is 0.165 e. The number of nitrogens with two attached hydrogens (primary N) is 1. The molecule has 72 valence electrons. The summed E-state index contributed by atoms with van der Waals surface area (Å²) >= 11 is 0. The fourth-order valence-electron chi connectivity index (χ4n) is 0.996. The molecule has 13 heavy (non-hydrogen) atoms. The molecule has 0 aliphatic heterocycles. The lowest BCUT2D eigenvalue weighted by molar-refractivity contribution is 0.383. The molecule has 0 saturated carbocycles. The second-order valence-electron chi connectivity index (χ2n) is 2.65. The van der Waals surface area contributed by atoms with Crippen LogP contribution in [-0.4, -0.2) is 13.8 Å². The van der Waals surface area contributed by atoms with Crippen LogP contribution in [0.15, 0.2) is 18.2 Å². The summed E-state index contributed by atoms with van der Waals surface area (Å²) < 4.78 is 29.8. The Morgan fingerprint density at radius 3 is 2.77 bits per heavy atom. The first-order chi connectivity index (χ1) is 6.19. The zero-order valence-corrected chi connectivity index (χ0v) is 7.26. The summed E-state index contributed by atoms with van der Waals surface area (Å²) in [4.78, 5) is 0. The van der Waals surface area contributed by atoms with Crippen molar-refractivity contribution in [3.05, 3.63) is 29.6 Å². The maximum atomic E-state index is 12.9. The molecule has 0 unspecified atom stereocenters. The zero-order chi connectivity index (χ0) is 9.84. The summed E-state index contributed by atoms with van der Waals surface area (Å²) in [6.45, 7) is -0.672. The van der Waals surface area contributed by atoms with E-state index in [4.69, 9.17) is 10.5 Å². The van der Waals surface area contributed by atoms with Crippen molar-refractivity contribution in [1.82, 2.24) is 0 Å². The van der Waals surface area contributed by atoms with E-state index in [1.54, 1.807) is 0 Å². The fraction of sp³-hybridized carbons (Fsp3) is 0.333. The number of halogens is 2. The molecule has 0 fully saturated rings. The Kier molecular flexibility index (Phi) is 3.19. The summed E-state index contributed by atoms with van der Waals surface area (Å²) in [7, 11) is 1.35. The van der Waals surface area contributed by atoms with Gasteiger partial charge in [-0.15, -0.1) is 0 Å². The Labute approximate surface area is 75.3 Å². The molecule has 0 spiro atoms. The van der Waals surface area contributed by atoms with Gasteiger partial charge in [0.25, 0.3) is 0 Å². The van der Waals surface area contributed by atoms with E-state index in [9.17, 15) is 8.78 Å². The van der Waals surface area contributed by atoms with Crippen LogP contribution in [0.3, 0.4) is 0 Å². The highest BCUT2D eigenvalue weighted by Crippen LogP contribution is 2.21. The van der Waals surface area contributed by atoms with Crippen LogP contribution >= 0.6 is 0 Å². The fourth-order valence-corrected chi connectivity index (χ4v) is 0.996. The van der Waals surface area contributed by atoms with Crippen LogP contribution in [0, 0.1) is 5.82 Å². The van der Waals surface area contributed by atoms with Crippen LogP contribution in [0.2, 0.25) is 0 Å². The molecule has 1 aromatic carbocycles. The molecule has 0 amide bonds. The molecule has 0 heterocycles. The predicted octanol–water partition coefficient (Wildman–Crippen LogP) is 1.80. The Hall–Kier alpha value is -1.16. The third-order valence-electron chi connectivity index (χ3n) is 1.77. The molecule has 4 heteroatoms. The largest absolute Gasteiger partial charge is 0.494 e. The SMILES string of the molecule is COc1cc([C@H](N)CF)ccc1F. The van der Waals surface area contributed by atoms with Crippen molar-refractivity contribution in [2.75, 3.05) is 13.8 Å². The van der Waals surface area contributed by atoms with Crippen LogP contribution in [0.4, 0.5) is 8.78 Å². The van der Waals surface area contributed by atoms with Crippen molar-refractivity contribution in [2.45, 2.75) is 6.04 Å². The van der Waals surface area contributed by atoms with Gasteiger partial charge in [0, 0.05) is 0 Å². The lowest BCUT2D eigenvalue weighted by Gasteiger charge is -2.09. The molecular formula is C9H11F2NO. The molecule has 1 aromatic rings. The number of benzene rings is 1.